The van der Waals surface area contributed by atoms with Gasteiger partial charge in [-0.1, -0.05) is 24.4 Å². The van der Waals surface area contributed by atoms with Crippen molar-refractivity contribution >= 4 is 35.2 Å². The number of carbonyl (C=O) groups is 4. The Morgan fingerprint density at radius 2 is 1.91 bits per heavy atom. The number of nitrogens with one attached hydrogen (secondary N) is 2. The van der Waals surface area contributed by atoms with Crippen molar-refractivity contribution in [3.8, 4) is 0 Å². The van der Waals surface area contributed by atoms with Crippen LogP contribution in [0.4, 0.5) is 4.39 Å². The third-order valence-corrected chi connectivity index (χ3v) is 7.66. The first-order valence-corrected chi connectivity index (χ1v) is 11.9. The Labute approximate surface area is 195 Å². The highest BCUT2D eigenvalue weighted by Gasteiger charge is 2.53. The Hall–Kier alpha value is -2.68. The van der Waals surface area contributed by atoms with Crippen molar-refractivity contribution in [1.82, 2.24) is 20.4 Å². The number of rotatable bonds is 3. The molecule has 0 aromatic heterocycles. The van der Waals surface area contributed by atoms with Crippen LogP contribution >= 0.6 is 11.6 Å². The van der Waals surface area contributed by atoms with E-state index in [1.165, 1.54) is 17.0 Å². The summed E-state index contributed by atoms with van der Waals surface area (Å²) in [5, 5.41) is 5.64. The van der Waals surface area contributed by atoms with Crippen molar-refractivity contribution in [3.63, 3.8) is 0 Å². The molecule has 4 atom stereocenters. The van der Waals surface area contributed by atoms with Crippen LogP contribution < -0.4 is 10.6 Å². The first-order valence-electron chi connectivity index (χ1n) is 11.5. The molecule has 1 aromatic carbocycles. The Kier molecular flexibility index (Phi) is 5.76. The fourth-order valence-corrected chi connectivity index (χ4v) is 5.87. The van der Waals surface area contributed by atoms with Gasteiger partial charge in [0.25, 0.3) is 5.91 Å². The van der Waals surface area contributed by atoms with Crippen molar-refractivity contribution < 1.29 is 23.6 Å². The predicted molar refractivity (Wildman–Crippen MR) is 117 cm³/mol. The van der Waals surface area contributed by atoms with Gasteiger partial charge in [-0.2, -0.15) is 0 Å². The molecule has 0 radical (unpaired) electrons. The zero-order valence-electron chi connectivity index (χ0n) is 18.1. The lowest BCUT2D eigenvalue weighted by molar-refractivity contribution is -0.146. The van der Waals surface area contributed by atoms with Gasteiger partial charge in [0.05, 0.1) is 11.1 Å². The minimum atomic E-state index is -0.700. The summed E-state index contributed by atoms with van der Waals surface area (Å²) in [6, 6.07) is 1.47. The third-order valence-electron chi connectivity index (χ3n) is 7.37. The molecule has 33 heavy (non-hydrogen) atoms. The fraction of sp³-hybridized carbons (Fsp3) is 0.565. The smallest absolute Gasteiger partial charge is 0.251 e. The van der Waals surface area contributed by atoms with E-state index in [4.69, 9.17) is 11.6 Å². The molecular weight excluding hydrogens is 451 g/mol. The Bertz CT molecular complexity index is 1010. The summed E-state index contributed by atoms with van der Waals surface area (Å²) in [7, 11) is 0. The zero-order valence-corrected chi connectivity index (χ0v) is 18.8. The molecule has 1 aliphatic carbocycles. The molecule has 5 rings (SSSR count). The summed E-state index contributed by atoms with van der Waals surface area (Å²) >= 11 is 5.78. The highest BCUT2D eigenvalue weighted by Crippen LogP contribution is 2.33. The second-order valence-electron chi connectivity index (χ2n) is 9.40. The van der Waals surface area contributed by atoms with Crippen LogP contribution in [-0.2, 0) is 14.4 Å². The molecule has 0 spiro atoms. The molecular formula is C23H26ClFN4O4. The lowest BCUT2D eigenvalue weighted by Gasteiger charge is -2.30. The highest BCUT2D eigenvalue weighted by atomic mass is 35.5. The SMILES string of the molecule is O=C(NC1CC2C(=O)NC3CCN(C(=O)C4CCCC4)C3C(=O)N2C1)c1ccc(F)c(Cl)c1. The van der Waals surface area contributed by atoms with Crippen LogP contribution in [0.15, 0.2) is 18.2 Å². The largest absolute Gasteiger partial charge is 0.349 e. The monoisotopic (exact) mass is 476 g/mol. The standard InChI is InChI=1S/C23H26ClFN4O4/c24-15-9-13(5-6-16(15)25)20(30)26-14-10-18-21(31)27-17-7-8-28(19(17)23(33)29(18)11-14)22(32)12-3-1-2-4-12/h5-6,9,12,14,17-19H,1-4,7-8,10-11H2,(H,26,30)(H,27,31). The average Bonchev–Trinajstić information content (AvgIpc) is 3.53. The number of amides is 4. The molecule has 4 unspecified atom stereocenters. The van der Waals surface area contributed by atoms with Crippen molar-refractivity contribution in [3.05, 3.63) is 34.6 Å². The number of fused-ring (bicyclic) bond motifs is 2. The Morgan fingerprint density at radius 3 is 2.64 bits per heavy atom. The van der Waals surface area contributed by atoms with E-state index in [0.717, 1.165) is 31.7 Å². The van der Waals surface area contributed by atoms with Crippen molar-refractivity contribution in [2.75, 3.05) is 13.1 Å². The summed E-state index contributed by atoms with van der Waals surface area (Å²) in [6.45, 7) is 0.632. The van der Waals surface area contributed by atoms with Gasteiger partial charge in [0.2, 0.25) is 17.7 Å². The van der Waals surface area contributed by atoms with Crippen molar-refractivity contribution in [2.45, 2.75) is 62.7 Å². The molecule has 4 amide bonds. The molecule has 176 valence electrons. The van der Waals surface area contributed by atoms with Crippen LogP contribution in [0.3, 0.4) is 0 Å². The number of halogens is 2. The Morgan fingerprint density at radius 1 is 1.15 bits per heavy atom. The second-order valence-corrected chi connectivity index (χ2v) is 9.81. The van der Waals surface area contributed by atoms with Crippen LogP contribution in [0.25, 0.3) is 0 Å². The van der Waals surface area contributed by atoms with Gasteiger partial charge >= 0.3 is 0 Å². The van der Waals surface area contributed by atoms with E-state index in [2.05, 4.69) is 10.6 Å². The molecule has 3 aliphatic heterocycles. The summed E-state index contributed by atoms with van der Waals surface area (Å²) in [6.07, 6.45) is 4.58. The molecule has 1 saturated carbocycles. The molecule has 4 aliphatic rings. The van der Waals surface area contributed by atoms with E-state index in [0.29, 0.717) is 13.0 Å². The van der Waals surface area contributed by atoms with Gasteiger partial charge in [-0.15, -0.1) is 0 Å². The van der Waals surface area contributed by atoms with Gasteiger partial charge in [0.15, 0.2) is 0 Å². The summed E-state index contributed by atoms with van der Waals surface area (Å²) in [5.41, 5.74) is 0.198. The lowest BCUT2D eigenvalue weighted by atomic mass is 10.0. The van der Waals surface area contributed by atoms with Crippen LogP contribution in [0.1, 0.15) is 48.9 Å². The summed E-state index contributed by atoms with van der Waals surface area (Å²) in [5.74, 6) is -1.60. The van der Waals surface area contributed by atoms with Gasteiger partial charge in [0, 0.05) is 30.6 Å². The Balaban J connectivity index is 1.31. The molecule has 1 aromatic rings. The van der Waals surface area contributed by atoms with E-state index >= 15 is 0 Å². The maximum Gasteiger partial charge on any atom is 0.251 e. The first kappa shape index (κ1) is 22.1. The topological polar surface area (TPSA) is 98.8 Å². The average molecular weight is 477 g/mol. The number of hydrogen-bond acceptors (Lipinski definition) is 4. The van der Waals surface area contributed by atoms with Crippen molar-refractivity contribution in [1.29, 1.82) is 0 Å². The third kappa shape index (κ3) is 3.96. The van der Waals surface area contributed by atoms with Gasteiger partial charge in [-0.3, -0.25) is 19.2 Å². The zero-order chi connectivity index (χ0) is 23.3. The highest BCUT2D eigenvalue weighted by molar-refractivity contribution is 6.31. The summed E-state index contributed by atoms with van der Waals surface area (Å²) < 4.78 is 13.4. The minimum absolute atomic E-state index is 0.0123. The lowest BCUT2D eigenvalue weighted by Crippen LogP contribution is -2.53. The second kappa shape index (κ2) is 8.59. The van der Waals surface area contributed by atoms with Gasteiger partial charge < -0.3 is 20.4 Å². The first-order chi connectivity index (χ1) is 15.8. The number of benzene rings is 1. The number of hydrogen-bond donors (Lipinski definition) is 2. The quantitative estimate of drug-likeness (QED) is 0.690. The summed E-state index contributed by atoms with van der Waals surface area (Å²) in [4.78, 5) is 55.3. The van der Waals surface area contributed by atoms with Crippen molar-refractivity contribution in [2.24, 2.45) is 5.92 Å². The van der Waals surface area contributed by atoms with Gasteiger partial charge in [-0.25, -0.2) is 4.39 Å². The van der Waals surface area contributed by atoms with E-state index in [9.17, 15) is 23.6 Å². The van der Waals surface area contributed by atoms with Crippen LogP contribution in [-0.4, -0.2) is 70.7 Å². The predicted octanol–water partition coefficient (Wildman–Crippen LogP) is 1.47. The van der Waals surface area contributed by atoms with Crippen LogP contribution in [0, 0.1) is 11.7 Å². The molecule has 10 heteroatoms. The number of nitrogens with zero attached hydrogens (tertiary/aromatic N) is 2. The molecule has 3 heterocycles. The van der Waals surface area contributed by atoms with Gasteiger partial charge in [-0.05, 0) is 43.9 Å². The van der Waals surface area contributed by atoms with Crippen LogP contribution in [0.2, 0.25) is 5.02 Å². The minimum Gasteiger partial charge on any atom is -0.349 e. The maximum atomic E-state index is 13.5. The molecule has 0 bridgehead atoms. The van der Waals surface area contributed by atoms with E-state index in [1.54, 1.807) is 4.90 Å². The normalized spacial score (nSPS) is 29.5. The molecule has 4 fully saturated rings. The fourth-order valence-electron chi connectivity index (χ4n) is 5.69. The van der Waals surface area contributed by atoms with E-state index in [1.807, 2.05) is 0 Å². The molecule has 3 saturated heterocycles. The molecule has 8 nitrogen and oxygen atoms in total. The number of carbonyl (C=O) groups excluding carboxylic acids is 4. The van der Waals surface area contributed by atoms with E-state index < -0.39 is 29.8 Å². The van der Waals surface area contributed by atoms with Gasteiger partial charge in [0.1, 0.15) is 17.9 Å². The number of likely N-dealkylation sites (tertiary alicyclic amines) is 1. The maximum absolute atomic E-state index is 13.5. The van der Waals surface area contributed by atoms with Crippen LogP contribution in [0.5, 0.6) is 0 Å². The van der Waals surface area contributed by atoms with E-state index in [-0.39, 0.29) is 53.2 Å². The molecule has 2 N–H and O–H groups in total.